The van der Waals surface area contributed by atoms with Gasteiger partial charge in [0.1, 0.15) is 5.75 Å². The molecule has 0 unspecified atom stereocenters. The second-order valence-electron chi connectivity index (χ2n) is 6.80. The molecule has 2 aliphatic heterocycles. The van der Waals surface area contributed by atoms with E-state index in [9.17, 15) is 14.7 Å². The molecule has 148 valence electrons. The number of carbonyl (C=O) groups is 2. The van der Waals surface area contributed by atoms with Crippen LogP contribution in [0.25, 0.3) is 0 Å². The minimum absolute atomic E-state index is 0.0932. The van der Waals surface area contributed by atoms with Crippen molar-refractivity contribution in [3.63, 3.8) is 0 Å². The van der Waals surface area contributed by atoms with Gasteiger partial charge in [-0.15, -0.1) is 0 Å². The fourth-order valence-electron chi connectivity index (χ4n) is 3.66. The van der Waals surface area contributed by atoms with Crippen LogP contribution in [0.5, 0.6) is 5.75 Å². The Balaban J connectivity index is 1.56. The van der Waals surface area contributed by atoms with E-state index in [0.29, 0.717) is 57.2 Å². The van der Waals surface area contributed by atoms with Crippen LogP contribution in [0.4, 0.5) is 4.79 Å². The predicted octanol–water partition coefficient (Wildman–Crippen LogP) is 0.655. The van der Waals surface area contributed by atoms with Crippen molar-refractivity contribution in [3.05, 3.63) is 29.8 Å². The summed E-state index contributed by atoms with van der Waals surface area (Å²) < 4.78 is 10.2. The highest BCUT2D eigenvalue weighted by atomic mass is 16.6. The van der Waals surface area contributed by atoms with E-state index < -0.39 is 6.10 Å². The molecular weight excluding hydrogens is 350 g/mol. The molecule has 2 saturated heterocycles. The molecule has 0 spiro atoms. The predicted molar refractivity (Wildman–Crippen MR) is 98.9 cm³/mol. The van der Waals surface area contributed by atoms with Crippen molar-refractivity contribution in [2.24, 2.45) is 0 Å². The van der Waals surface area contributed by atoms with Crippen LogP contribution in [0.1, 0.15) is 17.3 Å². The first-order chi connectivity index (χ1) is 13.0. The molecule has 2 fully saturated rings. The van der Waals surface area contributed by atoms with Crippen molar-refractivity contribution in [3.8, 4) is 5.75 Å². The number of hydrogen-bond donors (Lipinski definition) is 1. The Morgan fingerprint density at radius 3 is 2.33 bits per heavy atom. The molecule has 0 aromatic heterocycles. The molecule has 8 nitrogen and oxygen atoms in total. The van der Waals surface area contributed by atoms with Gasteiger partial charge in [-0.3, -0.25) is 9.69 Å². The Labute approximate surface area is 159 Å². The summed E-state index contributed by atoms with van der Waals surface area (Å²) in [5.41, 5.74) is 0.579. The van der Waals surface area contributed by atoms with Crippen molar-refractivity contribution in [1.82, 2.24) is 14.7 Å². The van der Waals surface area contributed by atoms with E-state index in [1.807, 2.05) is 0 Å². The number of methoxy groups -OCH3 is 1. The third-order valence-electron chi connectivity index (χ3n) is 5.19. The van der Waals surface area contributed by atoms with Gasteiger partial charge in [-0.25, -0.2) is 4.79 Å². The number of benzene rings is 1. The van der Waals surface area contributed by atoms with E-state index in [4.69, 9.17) is 9.47 Å². The zero-order chi connectivity index (χ0) is 19.4. The number of carbonyl (C=O) groups excluding carboxylic acids is 2. The van der Waals surface area contributed by atoms with Crippen LogP contribution in [0, 0.1) is 0 Å². The van der Waals surface area contributed by atoms with Crippen molar-refractivity contribution >= 4 is 12.0 Å². The maximum Gasteiger partial charge on any atom is 0.409 e. The molecule has 2 aliphatic rings. The quantitative estimate of drug-likeness (QED) is 0.830. The number of hydrogen-bond acceptors (Lipinski definition) is 6. The molecule has 2 atom stereocenters. The fraction of sp³-hybridized carbons (Fsp3) is 0.579. The standard InChI is InChI=1S/C19H27N3O5/c1-3-27-19(25)21-10-8-20(9-11-21)16-12-22(13-17(16)23)18(24)14-4-6-15(26-2)7-5-14/h4-7,16-17,23H,3,8-13H2,1-2H3/t16-,17-/m0/s1. The Morgan fingerprint density at radius 2 is 1.74 bits per heavy atom. The lowest BCUT2D eigenvalue weighted by Crippen LogP contribution is -2.55. The first-order valence-electron chi connectivity index (χ1n) is 9.30. The van der Waals surface area contributed by atoms with Crippen molar-refractivity contribution in [2.75, 3.05) is 53.0 Å². The summed E-state index contributed by atoms with van der Waals surface area (Å²) >= 11 is 0. The summed E-state index contributed by atoms with van der Waals surface area (Å²) in [6.45, 7) is 5.39. The lowest BCUT2D eigenvalue weighted by molar-refractivity contribution is 0.0376. The van der Waals surface area contributed by atoms with E-state index in [0.717, 1.165) is 0 Å². The number of piperazine rings is 1. The third kappa shape index (κ3) is 4.33. The molecule has 1 aromatic rings. The van der Waals surface area contributed by atoms with Crippen LogP contribution in [-0.4, -0.2) is 96.9 Å². The monoisotopic (exact) mass is 377 g/mol. The van der Waals surface area contributed by atoms with Gasteiger partial charge in [-0.2, -0.15) is 0 Å². The third-order valence-corrected chi connectivity index (χ3v) is 5.19. The van der Waals surface area contributed by atoms with Crippen LogP contribution >= 0.6 is 0 Å². The Hall–Kier alpha value is -2.32. The normalized spacial score (nSPS) is 23.4. The van der Waals surface area contributed by atoms with Crippen LogP contribution in [0.3, 0.4) is 0 Å². The summed E-state index contributed by atoms with van der Waals surface area (Å²) in [6.07, 6.45) is -0.887. The first-order valence-corrected chi connectivity index (χ1v) is 9.30. The number of rotatable bonds is 4. The van der Waals surface area contributed by atoms with Crippen molar-refractivity contribution < 1.29 is 24.2 Å². The fourth-order valence-corrected chi connectivity index (χ4v) is 3.66. The molecule has 1 N–H and O–H groups in total. The first kappa shape index (κ1) is 19.4. The molecule has 0 bridgehead atoms. The number of ether oxygens (including phenoxy) is 2. The van der Waals surface area contributed by atoms with Crippen LogP contribution in [-0.2, 0) is 4.74 Å². The number of likely N-dealkylation sites (tertiary alicyclic amines) is 1. The Kier molecular flexibility index (Phi) is 6.18. The highest BCUT2D eigenvalue weighted by Crippen LogP contribution is 2.21. The lowest BCUT2D eigenvalue weighted by atomic mass is 10.1. The van der Waals surface area contributed by atoms with E-state index in [1.54, 1.807) is 48.1 Å². The van der Waals surface area contributed by atoms with Crippen LogP contribution < -0.4 is 4.74 Å². The van der Waals surface area contributed by atoms with Gasteiger partial charge in [-0.05, 0) is 31.2 Å². The van der Waals surface area contributed by atoms with Crippen molar-refractivity contribution in [2.45, 2.75) is 19.1 Å². The topological polar surface area (TPSA) is 82.6 Å². The molecule has 0 radical (unpaired) electrons. The summed E-state index contributed by atoms with van der Waals surface area (Å²) in [7, 11) is 1.58. The molecule has 27 heavy (non-hydrogen) atoms. The summed E-state index contributed by atoms with van der Waals surface area (Å²) in [4.78, 5) is 30.1. The number of β-amino-alcohol motifs (C(OH)–C–C–N with tert-alkyl or cyclic N) is 1. The van der Waals surface area contributed by atoms with Gasteiger partial charge in [0.25, 0.3) is 5.91 Å². The lowest BCUT2D eigenvalue weighted by Gasteiger charge is -2.38. The number of aliphatic hydroxyl groups is 1. The minimum Gasteiger partial charge on any atom is -0.497 e. The molecule has 3 rings (SSSR count). The Bertz CT molecular complexity index is 658. The average molecular weight is 377 g/mol. The van der Waals surface area contributed by atoms with Gasteiger partial charge < -0.3 is 24.4 Å². The SMILES string of the molecule is CCOC(=O)N1CCN([C@H]2CN(C(=O)c3ccc(OC)cc3)C[C@@H]2O)CC1. The highest BCUT2D eigenvalue weighted by Gasteiger charge is 2.39. The number of aliphatic hydroxyl groups excluding tert-OH is 1. The minimum atomic E-state index is -0.596. The molecule has 2 amide bonds. The summed E-state index contributed by atoms with van der Waals surface area (Å²) in [5, 5.41) is 10.5. The van der Waals surface area contributed by atoms with Crippen LogP contribution in [0.15, 0.2) is 24.3 Å². The van der Waals surface area contributed by atoms with Gasteiger partial charge in [-0.1, -0.05) is 0 Å². The van der Waals surface area contributed by atoms with Gasteiger partial charge in [0.15, 0.2) is 0 Å². The van der Waals surface area contributed by atoms with Crippen LogP contribution in [0.2, 0.25) is 0 Å². The smallest absolute Gasteiger partial charge is 0.409 e. The zero-order valence-corrected chi connectivity index (χ0v) is 15.8. The maximum absolute atomic E-state index is 12.7. The van der Waals surface area contributed by atoms with E-state index in [1.165, 1.54) is 0 Å². The van der Waals surface area contributed by atoms with Crippen molar-refractivity contribution in [1.29, 1.82) is 0 Å². The Morgan fingerprint density at radius 1 is 1.07 bits per heavy atom. The molecule has 1 aromatic carbocycles. The summed E-state index contributed by atoms with van der Waals surface area (Å²) in [6, 6.07) is 6.87. The molecule has 0 aliphatic carbocycles. The van der Waals surface area contributed by atoms with E-state index in [2.05, 4.69) is 4.90 Å². The average Bonchev–Trinajstić information content (AvgIpc) is 3.09. The second kappa shape index (κ2) is 8.58. The second-order valence-corrected chi connectivity index (χ2v) is 6.80. The van der Waals surface area contributed by atoms with Gasteiger partial charge in [0.05, 0.1) is 25.9 Å². The number of amides is 2. The highest BCUT2D eigenvalue weighted by molar-refractivity contribution is 5.94. The summed E-state index contributed by atoms with van der Waals surface area (Å²) in [5.74, 6) is 0.606. The van der Waals surface area contributed by atoms with E-state index in [-0.39, 0.29) is 18.0 Å². The maximum atomic E-state index is 12.7. The molecule has 0 saturated carbocycles. The number of nitrogens with zero attached hydrogens (tertiary/aromatic N) is 3. The van der Waals surface area contributed by atoms with Gasteiger partial charge in [0, 0.05) is 44.8 Å². The largest absolute Gasteiger partial charge is 0.497 e. The zero-order valence-electron chi connectivity index (χ0n) is 15.8. The van der Waals surface area contributed by atoms with Gasteiger partial charge >= 0.3 is 6.09 Å². The molecule has 2 heterocycles. The van der Waals surface area contributed by atoms with E-state index >= 15 is 0 Å². The molecular formula is C19H27N3O5. The molecule has 8 heteroatoms. The van der Waals surface area contributed by atoms with Gasteiger partial charge in [0.2, 0.25) is 0 Å².